The minimum absolute atomic E-state index is 0.140. The van der Waals surface area contributed by atoms with Crippen molar-refractivity contribution in [2.45, 2.75) is 126 Å². The molecule has 148 heavy (non-hydrogen) atoms. The van der Waals surface area contributed by atoms with Gasteiger partial charge in [0.15, 0.2) is 6.10 Å². The van der Waals surface area contributed by atoms with E-state index in [1.165, 1.54) is 0 Å². The van der Waals surface area contributed by atoms with Gasteiger partial charge in [-0.15, -0.1) is 0 Å². The maximum atomic E-state index is 12.7. The van der Waals surface area contributed by atoms with Gasteiger partial charge in [0.25, 0.3) is 0 Å². The van der Waals surface area contributed by atoms with Crippen LogP contribution in [-0.2, 0) is 190 Å². The van der Waals surface area contributed by atoms with Crippen LogP contribution in [0.15, 0.2) is 243 Å². The van der Waals surface area contributed by atoms with Crippen LogP contribution in [0.4, 0.5) is 0 Å². The van der Waals surface area contributed by atoms with E-state index in [2.05, 4.69) is 9.47 Å². The van der Waals surface area contributed by atoms with E-state index in [-0.39, 0.29) is 105 Å². The fourth-order valence-corrected chi connectivity index (χ4v) is 12.6. The van der Waals surface area contributed by atoms with Crippen LogP contribution in [0.1, 0.15) is 64.3 Å². The van der Waals surface area contributed by atoms with E-state index >= 15 is 0 Å². The van der Waals surface area contributed by atoms with E-state index in [4.69, 9.17) is 142 Å². The van der Waals surface area contributed by atoms with Crippen molar-refractivity contribution in [2.24, 2.45) is 91.1 Å². The number of hydrogen-bond donors (Lipinski definition) is 14. The Hall–Kier alpha value is -14.3. The summed E-state index contributed by atoms with van der Waals surface area (Å²) in [5.74, 6) is -8.81. The number of esters is 14. The van der Waals surface area contributed by atoms with Gasteiger partial charge in [-0.2, -0.15) is 0 Å². The number of unbranched alkanes of at least 4 members (excludes halogenated alkanes) is 1. The highest BCUT2D eigenvalue weighted by Crippen LogP contribution is 2.24. The lowest BCUT2D eigenvalue weighted by atomic mass is 9.92. The van der Waals surface area contributed by atoms with Crippen molar-refractivity contribution in [3.63, 3.8) is 0 Å². The van der Waals surface area contributed by atoms with Crippen molar-refractivity contribution >= 4 is 83.6 Å². The van der Waals surface area contributed by atoms with Crippen molar-refractivity contribution in [3.8, 4) is 0 Å². The molecule has 43 nitrogen and oxygen atoms in total. The number of hydrogen-bond acceptors (Lipinski definition) is 43. The Labute approximate surface area is 859 Å². The predicted molar refractivity (Wildman–Crippen MR) is 542 cm³/mol. The first-order chi connectivity index (χ1) is 71.0. The fourth-order valence-electron chi connectivity index (χ4n) is 12.6. The Morgan fingerprint density at radius 1 is 0.216 bits per heavy atom. The maximum Gasteiger partial charge on any atom is 0.323 e. The molecule has 8 aromatic carbocycles. The topological polar surface area (TPSA) is 742 Å². The first-order valence-electron chi connectivity index (χ1n) is 47.5. The summed E-state index contributed by atoms with van der Waals surface area (Å²) < 4.78 is 76.9. The number of ether oxygens (including phenoxy) is 15. The maximum absolute atomic E-state index is 12.7. The first kappa shape index (κ1) is 126. The van der Waals surface area contributed by atoms with Crippen molar-refractivity contribution in [2.75, 3.05) is 138 Å². The van der Waals surface area contributed by atoms with Crippen LogP contribution in [0.5, 0.6) is 0 Å². The van der Waals surface area contributed by atoms with E-state index in [1.54, 1.807) is 6.92 Å². The Bertz CT molecular complexity index is 4800. The van der Waals surface area contributed by atoms with E-state index in [0.29, 0.717) is 44.9 Å². The molecule has 0 fully saturated rings. The zero-order valence-corrected chi connectivity index (χ0v) is 83.1. The highest BCUT2D eigenvalue weighted by Gasteiger charge is 2.39. The Morgan fingerprint density at radius 2 is 0.399 bits per heavy atom. The first-order valence-corrected chi connectivity index (χ1v) is 47.5. The molecule has 0 spiro atoms. The van der Waals surface area contributed by atoms with Gasteiger partial charge in [-0.25, -0.2) is 0 Å². The molecule has 0 bridgehead atoms. The zero-order valence-electron chi connectivity index (χ0n) is 83.1. The molecule has 28 N–H and O–H groups in total. The molecule has 806 valence electrons. The average Bonchev–Trinajstić information content (AvgIpc) is 0.859. The predicted octanol–water partition coefficient (Wildman–Crippen LogP) is 0.00710. The molecule has 8 atom stereocenters. The van der Waals surface area contributed by atoms with Crippen LogP contribution in [0.25, 0.3) is 0 Å². The lowest BCUT2D eigenvalue weighted by molar-refractivity contribution is -0.170. The standard InChI is InChI=1S/C32H39N3O6.C30H35N3O6.C22H28N2O4.C13H24N4O8.C8H16N2O5/c1-32(20-39-29(36)26(33)17-23-11-5-2-6-12-23,21-40-30(37)27(34)18-24-13-7-3-8-14-24)22-41-31(38)28(35)19-25-15-9-4-10-16-25;31-25(16-21-10-4-1-5-11-21)28(34)37-19-24(39-30(36)27(33)18-23-14-8-3-9-15-23)20-38-29(35)26(32)17-22-12-6-2-7-13-22;23-19(15-17-9-3-1-4-10-17)21(25)27-13-7-8-14-28-22(26)20(24)16-18-11-5-2-6-12-18;14-1-9(18)22-5-13(6-23-10(19)2-15,7-24-11(20)3-16)8-25-12(21)4-17;9-5-7(11)14-3-1-13-2-4-15-8(12)6-10/h2-16,26-28H,17-22,33-35H2,1H3;1-15,24-27H,16-20,31-33H2;1-6,9-12,19-20H,7-8,13-16,23-24H2;1-8,14-17H2;1-6,9-10H2. The van der Waals surface area contributed by atoms with Gasteiger partial charge in [0.05, 0.1) is 71.1 Å². The van der Waals surface area contributed by atoms with Crippen LogP contribution >= 0.6 is 0 Å². The zero-order chi connectivity index (χ0) is 109. The summed E-state index contributed by atoms with van der Waals surface area (Å²) >= 11 is 0. The summed E-state index contributed by atoms with van der Waals surface area (Å²) in [6.45, 7) is -1.95. The van der Waals surface area contributed by atoms with Crippen LogP contribution in [0.2, 0.25) is 0 Å². The van der Waals surface area contributed by atoms with Gasteiger partial charge >= 0.3 is 83.6 Å². The van der Waals surface area contributed by atoms with Gasteiger partial charge in [0.2, 0.25) is 0 Å². The van der Waals surface area contributed by atoms with Gasteiger partial charge < -0.3 is 151 Å². The van der Waals surface area contributed by atoms with E-state index < -0.39 is 201 Å². The molecule has 0 radical (unpaired) electrons. The number of nitrogens with two attached hydrogens (primary N) is 14. The number of carbonyl (C=O) groups is 14. The molecule has 8 aromatic rings. The number of carbonyl (C=O) groups excluding carboxylic acids is 14. The minimum atomic E-state index is -1.37. The molecular weight excluding hydrogens is 1920 g/mol. The Morgan fingerprint density at radius 3 is 0.601 bits per heavy atom. The third-order valence-electron chi connectivity index (χ3n) is 20.8. The van der Waals surface area contributed by atoms with Crippen LogP contribution < -0.4 is 80.3 Å². The Balaban J connectivity index is 0.000000399. The van der Waals surface area contributed by atoms with Gasteiger partial charge in [-0.3, -0.25) is 67.1 Å². The van der Waals surface area contributed by atoms with Gasteiger partial charge in [0, 0.05) is 0 Å². The largest absolute Gasteiger partial charge is 0.465 e. The number of rotatable bonds is 60. The second-order valence-electron chi connectivity index (χ2n) is 33.8. The molecule has 8 unspecified atom stereocenters. The van der Waals surface area contributed by atoms with Crippen LogP contribution in [0.3, 0.4) is 0 Å². The summed E-state index contributed by atoms with van der Waals surface area (Å²) in [6, 6.07) is 68.0. The SMILES string of the molecule is CC(COC(=O)C(N)Cc1ccccc1)(COC(=O)C(N)Cc1ccccc1)COC(=O)C(N)Cc1ccccc1.NC(Cc1ccccc1)C(=O)OCC(COC(=O)C(N)Cc1ccccc1)OC(=O)C(N)Cc1ccccc1.NC(Cc1ccccc1)C(=O)OCCCCOC(=O)C(N)Cc1ccccc1.NCC(=O)OCC(COC(=O)CN)(COC(=O)CN)COC(=O)CN.NCC(=O)OCCOCCOC(=O)CN. The summed E-state index contributed by atoms with van der Waals surface area (Å²) in [5.41, 5.74) is 83.4. The van der Waals surface area contributed by atoms with E-state index in [9.17, 15) is 67.1 Å². The summed E-state index contributed by atoms with van der Waals surface area (Å²) in [5, 5.41) is 0. The van der Waals surface area contributed by atoms with E-state index in [1.807, 2.05) is 243 Å². The van der Waals surface area contributed by atoms with Crippen LogP contribution in [-0.4, -0.2) is 276 Å². The van der Waals surface area contributed by atoms with Crippen molar-refractivity contribution in [1.82, 2.24) is 0 Å². The lowest BCUT2D eigenvalue weighted by Gasteiger charge is -2.31. The molecule has 0 aromatic heterocycles. The highest BCUT2D eigenvalue weighted by atomic mass is 16.6. The third kappa shape index (κ3) is 55.9. The highest BCUT2D eigenvalue weighted by molar-refractivity contribution is 5.81. The monoisotopic (exact) mass is 2060 g/mol. The van der Waals surface area contributed by atoms with Crippen molar-refractivity contribution in [3.05, 3.63) is 287 Å². The lowest BCUT2D eigenvalue weighted by Crippen LogP contribution is -2.45. The molecule has 0 aliphatic carbocycles. The molecular formula is C105H142N14O29. The second-order valence-corrected chi connectivity index (χ2v) is 33.8. The second kappa shape index (κ2) is 73.8. The van der Waals surface area contributed by atoms with Crippen molar-refractivity contribution < 1.29 is 138 Å². The minimum Gasteiger partial charge on any atom is -0.465 e. The summed E-state index contributed by atoms with van der Waals surface area (Å²) in [7, 11) is 0. The quantitative estimate of drug-likeness (QED) is 0.0136. The molecule has 0 saturated carbocycles. The van der Waals surface area contributed by atoms with Crippen molar-refractivity contribution in [1.29, 1.82) is 0 Å². The molecule has 43 heteroatoms. The van der Waals surface area contributed by atoms with Crippen LogP contribution in [0, 0.1) is 10.8 Å². The normalized spacial score (nSPS) is 12.9. The summed E-state index contributed by atoms with van der Waals surface area (Å²) in [6.07, 6.45) is 2.64. The van der Waals surface area contributed by atoms with E-state index in [0.717, 1.165) is 44.5 Å². The smallest absolute Gasteiger partial charge is 0.323 e. The number of benzene rings is 8. The molecule has 0 amide bonds. The molecule has 8 rings (SSSR count). The van der Waals surface area contributed by atoms with Gasteiger partial charge in [-0.05, 0) is 116 Å². The van der Waals surface area contributed by atoms with Gasteiger partial charge in [0.1, 0.15) is 126 Å². The summed E-state index contributed by atoms with van der Waals surface area (Å²) in [4.78, 5) is 166. The molecule has 0 saturated heterocycles. The molecule has 0 aliphatic heterocycles. The van der Waals surface area contributed by atoms with Gasteiger partial charge in [-0.1, -0.05) is 243 Å². The third-order valence-corrected chi connectivity index (χ3v) is 20.8. The fraction of sp³-hybridized carbons (Fsp3) is 0.410. The average molecular weight is 2060 g/mol. The molecule has 0 heterocycles. The Kier molecular flexibility index (Phi) is 62.8. The molecule has 0 aliphatic rings.